The second-order valence-corrected chi connectivity index (χ2v) is 6.00. The Labute approximate surface area is 132 Å². The summed E-state index contributed by atoms with van der Waals surface area (Å²) in [5.41, 5.74) is 2.92. The Balaban J connectivity index is 1.35. The highest BCUT2D eigenvalue weighted by Crippen LogP contribution is 2.18. The van der Waals surface area contributed by atoms with Gasteiger partial charge in [-0.15, -0.1) is 0 Å². The molecule has 120 valence electrons. The van der Waals surface area contributed by atoms with E-state index >= 15 is 0 Å². The minimum absolute atomic E-state index is 0.0104. The molecule has 2 aliphatic heterocycles. The molecule has 1 fully saturated rings. The zero-order chi connectivity index (χ0) is 15.2. The van der Waals surface area contributed by atoms with E-state index in [1.165, 1.54) is 11.1 Å². The molecule has 0 spiro atoms. The maximum absolute atomic E-state index is 11.9. The van der Waals surface area contributed by atoms with Gasteiger partial charge in [-0.1, -0.05) is 24.3 Å². The fourth-order valence-corrected chi connectivity index (χ4v) is 3.11. The Kier molecular flexibility index (Phi) is 5.43. The van der Waals surface area contributed by atoms with Crippen molar-refractivity contribution in [3.05, 3.63) is 35.4 Å². The zero-order valence-corrected chi connectivity index (χ0v) is 13.0. The van der Waals surface area contributed by atoms with Gasteiger partial charge >= 0.3 is 0 Å². The van der Waals surface area contributed by atoms with Gasteiger partial charge in [0.05, 0.1) is 6.61 Å². The van der Waals surface area contributed by atoms with Gasteiger partial charge in [0.2, 0.25) is 5.91 Å². The van der Waals surface area contributed by atoms with Gasteiger partial charge in [-0.25, -0.2) is 0 Å². The molecule has 1 aromatic rings. The van der Waals surface area contributed by atoms with Gasteiger partial charge in [0.1, 0.15) is 6.10 Å². The number of nitrogens with zero attached hydrogens (tertiary/aromatic N) is 1. The second kappa shape index (κ2) is 7.72. The molecule has 1 atom stereocenters. The summed E-state index contributed by atoms with van der Waals surface area (Å²) in [6, 6.07) is 8.68. The van der Waals surface area contributed by atoms with Gasteiger partial charge in [0.15, 0.2) is 0 Å². The van der Waals surface area contributed by atoms with E-state index in [4.69, 9.17) is 4.74 Å². The van der Waals surface area contributed by atoms with Gasteiger partial charge < -0.3 is 15.4 Å². The molecule has 2 N–H and O–H groups in total. The summed E-state index contributed by atoms with van der Waals surface area (Å²) < 4.78 is 5.44. The quantitative estimate of drug-likeness (QED) is 0.780. The van der Waals surface area contributed by atoms with E-state index in [9.17, 15) is 4.79 Å². The number of fused-ring (bicyclic) bond motifs is 1. The van der Waals surface area contributed by atoms with Gasteiger partial charge in [-0.05, 0) is 24.0 Å². The summed E-state index contributed by atoms with van der Waals surface area (Å²) in [5, 5.41) is 6.15. The van der Waals surface area contributed by atoms with Crippen molar-refractivity contribution in [3.63, 3.8) is 0 Å². The normalized spacial score (nSPS) is 22.1. The van der Waals surface area contributed by atoms with Crippen LogP contribution in [0.5, 0.6) is 0 Å². The van der Waals surface area contributed by atoms with Crippen molar-refractivity contribution >= 4 is 5.91 Å². The Bertz CT molecular complexity index is 500. The summed E-state index contributed by atoms with van der Waals surface area (Å²) in [7, 11) is 0. The summed E-state index contributed by atoms with van der Waals surface area (Å²) >= 11 is 0. The summed E-state index contributed by atoms with van der Waals surface area (Å²) in [6.45, 7) is 5.95. The number of carbonyl (C=O) groups excluding carboxylic acids is 1. The number of hydrogen-bond donors (Lipinski definition) is 2. The van der Waals surface area contributed by atoms with Crippen LogP contribution in [0.1, 0.15) is 17.5 Å². The maximum Gasteiger partial charge on any atom is 0.250 e. The Hall–Kier alpha value is -1.43. The first-order chi connectivity index (χ1) is 10.8. The van der Waals surface area contributed by atoms with E-state index in [0.29, 0.717) is 13.2 Å². The van der Waals surface area contributed by atoms with Crippen LogP contribution in [0, 0.1) is 0 Å². The van der Waals surface area contributed by atoms with Crippen molar-refractivity contribution in [2.24, 2.45) is 0 Å². The number of amides is 1. The predicted octanol–water partition coefficient (Wildman–Crippen LogP) is 0.539. The van der Waals surface area contributed by atoms with Crippen molar-refractivity contribution in [3.8, 4) is 0 Å². The topological polar surface area (TPSA) is 53.6 Å². The van der Waals surface area contributed by atoms with Crippen LogP contribution in [0.25, 0.3) is 0 Å². The SMILES string of the molecule is O=C(NCCCN1CCc2ccccc2C1)C1CNCCO1. The van der Waals surface area contributed by atoms with Crippen LogP contribution in [-0.2, 0) is 22.5 Å². The van der Waals surface area contributed by atoms with Gasteiger partial charge in [0, 0.05) is 39.3 Å². The minimum atomic E-state index is -0.324. The third-order valence-corrected chi connectivity index (χ3v) is 4.38. The molecule has 0 aromatic heterocycles. The van der Waals surface area contributed by atoms with Crippen LogP contribution in [0.15, 0.2) is 24.3 Å². The zero-order valence-electron chi connectivity index (χ0n) is 13.0. The molecular formula is C17H25N3O2. The van der Waals surface area contributed by atoms with E-state index in [1.54, 1.807) is 0 Å². The standard InChI is InChI=1S/C17H25N3O2/c21-17(16-12-18-8-11-22-16)19-7-3-9-20-10-6-14-4-1-2-5-15(14)13-20/h1-2,4-5,16,18H,3,6-13H2,(H,19,21). The van der Waals surface area contributed by atoms with Crippen LogP contribution < -0.4 is 10.6 Å². The van der Waals surface area contributed by atoms with Gasteiger partial charge in [0.25, 0.3) is 0 Å². The van der Waals surface area contributed by atoms with Crippen LogP contribution in [0.3, 0.4) is 0 Å². The van der Waals surface area contributed by atoms with Crippen LogP contribution >= 0.6 is 0 Å². The molecule has 1 saturated heterocycles. The number of carbonyl (C=O) groups is 1. The molecule has 1 amide bonds. The summed E-state index contributed by atoms with van der Waals surface area (Å²) in [4.78, 5) is 14.4. The van der Waals surface area contributed by atoms with E-state index in [2.05, 4.69) is 39.8 Å². The number of rotatable bonds is 5. The third kappa shape index (κ3) is 4.06. The van der Waals surface area contributed by atoms with E-state index < -0.39 is 0 Å². The molecular weight excluding hydrogens is 278 g/mol. The Morgan fingerprint density at radius 2 is 2.23 bits per heavy atom. The lowest BCUT2D eigenvalue weighted by atomic mass is 10.00. The molecule has 5 nitrogen and oxygen atoms in total. The molecule has 1 aromatic carbocycles. The first-order valence-electron chi connectivity index (χ1n) is 8.22. The van der Waals surface area contributed by atoms with Crippen LogP contribution in [0.2, 0.25) is 0 Å². The number of ether oxygens (including phenoxy) is 1. The average Bonchev–Trinajstić information content (AvgIpc) is 2.59. The number of benzene rings is 1. The van der Waals surface area contributed by atoms with Crippen molar-refractivity contribution in [1.29, 1.82) is 0 Å². The van der Waals surface area contributed by atoms with Gasteiger partial charge in [-0.2, -0.15) is 0 Å². The highest BCUT2D eigenvalue weighted by atomic mass is 16.5. The molecule has 2 aliphatic rings. The van der Waals surface area contributed by atoms with E-state index in [0.717, 1.165) is 45.6 Å². The van der Waals surface area contributed by atoms with Crippen molar-refractivity contribution in [2.45, 2.75) is 25.5 Å². The summed E-state index contributed by atoms with van der Waals surface area (Å²) in [5.74, 6) is 0.0104. The van der Waals surface area contributed by atoms with E-state index in [-0.39, 0.29) is 12.0 Å². The fourth-order valence-electron chi connectivity index (χ4n) is 3.11. The Morgan fingerprint density at radius 1 is 1.36 bits per heavy atom. The molecule has 0 saturated carbocycles. The Morgan fingerprint density at radius 3 is 3.05 bits per heavy atom. The monoisotopic (exact) mass is 303 g/mol. The molecule has 3 rings (SSSR count). The van der Waals surface area contributed by atoms with Crippen molar-refractivity contribution < 1.29 is 9.53 Å². The maximum atomic E-state index is 11.9. The van der Waals surface area contributed by atoms with Crippen molar-refractivity contribution in [2.75, 3.05) is 39.3 Å². The summed E-state index contributed by atoms with van der Waals surface area (Å²) in [6.07, 6.45) is 1.79. The number of hydrogen-bond acceptors (Lipinski definition) is 4. The molecule has 0 bridgehead atoms. The average molecular weight is 303 g/mol. The second-order valence-electron chi connectivity index (χ2n) is 6.00. The first kappa shape index (κ1) is 15.5. The smallest absolute Gasteiger partial charge is 0.250 e. The first-order valence-corrected chi connectivity index (χ1v) is 8.22. The molecule has 0 radical (unpaired) electrons. The van der Waals surface area contributed by atoms with Crippen molar-refractivity contribution in [1.82, 2.24) is 15.5 Å². The lowest BCUT2D eigenvalue weighted by Crippen LogP contribution is -2.48. The fraction of sp³-hybridized carbons (Fsp3) is 0.588. The predicted molar refractivity (Wildman–Crippen MR) is 85.7 cm³/mol. The molecule has 2 heterocycles. The number of nitrogens with one attached hydrogen (secondary N) is 2. The van der Waals surface area contributed by atoms with E-state index in [1.807, 2.05) is 0 Å². The molecule has 0 aliphatic carbocycles. The number of morpholine rings is 1. The molecule has 5 heteroatoms. The lowest BCUT2D eigenvalue weighted by molar-refractivity contribution is -0.134. The minimum Gasteiger partial charge on any atom is -0.366 e. The highest BCUT2D eigenvalue weighted by Gasteiger charge is 2.21. The third-order valence-electron chi connectivity index (χ3n) is 4.38. The molecule has 1 unspecified atom stereocenters. The largest absolute Gasteiger partial charge is 0.366 e. The van der Waals surface area contributed by atoms with Gasteiger partial charge in [-0.3, -0.25) is 9.69 Å². The lowest BCUT2D eigenvalue weighted by Gasteiger charge is -2.28. The van der Waals surface area contributed by atoms with Crippen LogP contribution in [0.4, 0.5) is 0 Å². The van der Waals surface area contributed by atoms with Crippen LogP contribution in [-0.4, -0.2) is 56.2 Å². The molecule has 22 heavy (non-hydrogen) atoms. The highest BCUT2D eigenvalue weighted by molar-refractivity contribution is 5.81.